The number of anilines is 3. The van der Waals surface area contributed by atoms with Crippen LogP contribution < -0.4 is 16.0 Å². The number of nitrogens with one attached hydrogen (secondary N) is 3. The number of amides is 1. The molecule has 0 saturated carbocycles. The molecule has 3 aromatic rings. The molecule has 0 aliphatic heterocycles. The second-order valence-corrected chi connectivity index (χ2v) is 6.83. The first-order valence-corrected chi connectivity index (χ1v) is 9.28. The van der Waals surface area contributed by atoms with Crippen LogP contribution in [0.1, 0.15) is 16.1 Å². The average molecular weight is 451 g/mol. The van der Waals surface area contributed by atoms with E-state index in [1.807, 2.05) is 0 Å². The lowest BCUT2D eigenvalue weighted by Gasteiger charge is -2.13. The Labute approximate surface area is 180 Å². The van der Waals surface area contributed by atoms with Crippen LogP contribution in [0.4, 0.5) is 30.2 Å². The lowest BCUT2D eigenvalue weighted by molar-refractivity contribution is -0.137. The van der Waals surface area contributed by atoms with Crippen LogP contribution in [-0.2, 0) is 6.18 Å². The summed E-state index contributed by atoms with van der Waals surface area (Å²) in [6, 6.07) is 15.0. The minimum atomic E-state index is -4.53. The molecule has 30 heavy (non-hydrogen) atoms. The van der Waals surface area contributed by atoms with E-state index >= 15 is 0 Å². The standard InChI is InChI=1S/C20H14ClF3N4OS/c21-16-11-14(8-9-15(16)20(22,23)24)28-19(30)27-13-6-4-12(5-7-13)26-18(29)17-3-1-2-10-25-17/h1-11H,(H,26,29)(H2,27,28,30). The van der Waals surface area contributed by atoms with Crippen LogP contribution in [0, 0.1) is 0 Å². The molecule has 1 aromatic heterocycles. The van der Waals surface area contributed by atoms with E-state index in [0.717, 1.165) is 12.1 Å². The number of benzene rings is 2. The fraction of sp³-hybridized carbons (Fsp3) is 0.0500. The molecule has 1 heterocycles. The fourth-order valence-electron chi connectivity index (χ4n) is 2.45. The molecule has 10 heteroatoms. The van der Waals surface area contributed by atoms with Crippen molar-refractivity contribution in [3.8, 4) is 0 Å². The second-order valence-electron chi connectivity index (χ2n) is 6.02. The average Bonchev–Trinajstić information content (AvgIpc) is 2.69. The molecule has 2 aromatic carbocycles. The molecule has 0 bridgehead atoms. The molecule has 1 amide bonds. The van der Waals surface area contributed by atoms with Gasteiger partial charge in [-0.2, -0.15) is 13.2 Å². The molecule has 5 nitrogen and oxygen atoms in total. The SMILES string of the molecule is O=C(Nc1ccc(NC(=S)Nc2ccc(C(F)(F)F)c(Cl)c2)cc1)c1ccccn1. The van der Waals surface area contributed by atoms with Crippen LogP contribution in [0.15, 0.2) is 66.9 Å². The van der Waals surface area contributed by atoms with Gasteiger partial charge < -0.3 is 16.0 Å². The van der Waals surface area contributed by atoms with E-state index in [2.05, 4.69) is 20.9 Å². The van der Waals surface area contributed by atoms with Crippen molar-refractivity contribution in [2.45, 2.75) is 6.18 Å². The van der Waals surface area contributed by atoms with Crippen LogP contribution in [0.2, 0.25) is 5.02 Å². The third kappa shape index (κ3) is 5.68. The molecule has 0 saturated heterocycles. The summed E-state index contributed by atoms with van der Waals surface area (Å²) in [6.07, 6.45) is -3.00. The van der Waals surface area contributed by atoms with Crippen LogP contribution in [0.25, 0.3) is 0 Å². The Balaban J connectivity index is 1.58. The van der Waals surface area contributed by atoms with Gasteiger partial charge in [-0.05, 0) is 66.8 Å². The zero-order valence-electron chi connectivity index (χ0n) is 15.1. The number of hydrogen-bond donors (Lipinski definition) is 3. The molecule has 0 unspecified atom stereocenters. The van der Waals surface area contributed by atoms with E-state index in [9.17, 15) is 18.0 Å². The summed E-state index contributed by atoms with van der Waals surface area (Å²) in [4.78, 5) is 16.1. The summed E-state index contributed by atoms with van der Waals surface area (Å²) in [5.74, 6) is -0.340. The first kappa shape index (κ1) is 21.5. The molecule has 0 radical (unpaired) electrons. The number of carbonyl (C=O) groups is 1. The van der Waals surface area contributed by atoms with E-state index in [1.165, 1.54) is 12.3 Å². The van der Waals surface area contributed by atoms with Gasteiger partial charge in [0.1, 0.15) is 5.69 Å². The quantitative estimate of drug-likeness (QED) is 0.437. The van der Waals surface area contributed by atoms with Gasteiger partial charge in [0.05, 0.1) is 10.6 Å². The third-order valence-electron chi connectivity index (χ3n) is 3.83. The number of alkyl halides is 3. The van der Waals surface area contributed by atoms with Gasteiger partial charge in [-0.1, -0.05) is 17.7 Å². The van der Waals surface area contributed by atoms with Crippen molar-refractivity contribution in [2.75, 3.05) is 16.0 Å². The van der Waals surface area contributed by atoms with Crippen molar-refractivity contribution in [3.63, 3.8) is 0 Å². The zero-order chi connectivity index (χ0) is 21.7. The summed E-state index contributed by atoms with van der Waals surface area (Å²) in [6.45, 7) is 0. The number of rotatable bonds is 4. The molecular formula is C20H14ClF3N4OS. The maximum absolute atomic E-state index is 12.8. The molecule has 0 spiro atoms. The van der Waals surface area contributed by atoms with Gasteiger partial charge in [0.15, 0.2) is 5.11 Å². The Morgan fingerprint density at radius 2 is 1.50 bits per heavy atom. The van der Waals surface area contributed by atoms with Crippen LogP contribution in [0.5, 0.6) is 0 Å². The smallest absolute Gasteiger partial charge is 0.332 e. The fourth-order valence-corrected chi connectivity index (χ4v) is 2.97. The van der Waals surface area contributed by atoms with Crippen molar-refractivity contribution in [3.05, 3.63) is 83.1 Å². The number of pyridine rings is 1. The highest BCUT2D eigenvalue weighted by atomic mass is 35.5. The lowest BCUT2D eigenvalue weighted by Crippen LogP contribution is -2.19. The maximum Gasteiger partial charge on any atom is 0.417 e. The summed E-state index contributed by atoms with van der Waals surface area (Å²) < 4.78 is 38.3. The summed E-state index contributed by atoms with van der Waals surface area (Å²) in [7, 11) is 0. The summed E-state index contributed by atoms with van der Waals surface area (Å²) >= 11 is 10.9. The monoisotopic (exact) mass is 450 g/mol. The first-order chi connectivity index (χ1) is 14.2. The lowest BCUT2D eigenvalue weighted by atomic mass is 10.2. The first-order valence-electron chi connectivity index (χ1n) is 8.49. The Hall–Kier alpha value is -3.17. The minimum Gasteiger partial charge on any atom is -0.332 e. The highest BCUT2D eigenvalue weighted by molar-refractivity contribution is 7.80. The number of nitrogens with zero attached hydrogens (tertiary/aromatic N) is 1. The minimum absolute atomic E-state index is 0.163. The van der Waals surface area contributed by atoms with E-state index in [1.54, 1.807) is 42.5 Å². The Bertz CT molecular complexity index is 1060. The van der Waals surface area contributed by atoms with E-state index in [-0.39, 0.29) is 11.0 Å². The topological polar surface area (TPSA) is 66.1 Å². The molecule has 0 aliphatic carbocycles. The van der Waals surface area contributed by atoms with Crippen LogP contribution >= 0.6 is 23.8 Å². The van der Waals surface area contributed by atoms with Gasteiger partial charge in [0.2, 0.25) is 0 Å². The third-order valence-corrected chi connectivity index (χ3v) is 4.35. The number of thiocarbonyl (C=S) groups is 1. The number of halogens is 4. The van der Waals surface area contributed by atoms with Crippen molar-refractivity contribution in [1.29, 1.82) is 0 Å². The highest BCUT2D eigenvalue weighted by Crippen LogP contribution is 2.35. The predicted octanol–water partition coefficient (Wildman–Crippen LogP) is 5.82. The van der Waals surface area contributed by atoms with Crippen molar-refractivity contribution in [2.24, 2.45) is 0 Å². The van der Waals surface area contributed by atoms with Gasteiger partial charge in [0, 0.05) is 23.3 Å². The van der Waals surface area contributed by atoms with Crippen molar-refractivity contribution in [1.82, 2.24) is 4.98 Å². The van der Waals surface area contributed by atoms with Gasteiger partial charge in [-0.25, -0.2) is 0 Å². The second kappa shape index (κ2) is 9.10. The Morgan fingerprint density at radius 3 is 2.07 bits per heavy atom. The predicted molar refractivity (Wildman–Crippen MR) is 115 cm³/mol. The normalized spacial score (nSPS) is 10.9. The van der Waals surface area contributed by atoms with E-state index in [4.69, 9.17) is 23.8 Å². The van der Waals surface area contributed by atoms with E-state index in [0.29, 0.717) is 22.8 Å². The Kier molecular flexibility index (Phi) is 6.53. The van der Waals surface area contributed by atoms with Crippen molar-refractivity contribution >= 4 is 51.9 Å². The summed E-state index contributed by atoms with van der Waals surface area (Å²) in [5, 5.41) is 8.12. The van der Waals surface area contributed by atoms with Gasteiger partial charge in [0.25, 0.3) is 5.91 Å². The number of aromatic nitrogens is 1. The molecule has 0 atom stereocenters. The molecule has 3 N–H and O–H groups in total. The van der Waals surface area contributed by atoms with Crippen LogP contribution in [0.3, 0.4) is 0 Å². The summed E-state index contributed by atoms with van der Waals surface area (Å²) in [5.41, 5.74) is 0.855. The van der Waals surface area contributed by atoms with Gasteiger partial charge in [-0.15, -0.1) is 0 Å². The number of hydrogen-bond acceptors (Lipinski definition) is 3. The van der Waals surface area contributed by atoms with Crippen LogP contribution in [-0.4, -0.2) is 16.0 Å². The largest absolute Gasteiger partial charge is 0.417 e. The van der Waals surface area contributed by atoms with Gasteiger partial charge >= 0.3 is 6.18 Å². The molecule has 154 valence electrons. The highest BCUT2D eigenvalue weighted by Gasteiger charge is 2.33. The van der Waals surface area contributed by atoms with Crippen molar-refractivity contribution < 1.29 is 18.0 Å². The molecule has 0 fully saturated rings. The maximum atomic E-state index is 12.8. The Morgan fingerprint density at radius 1 is 0.900 bits per heavy atom. The molecule has 3 rings (SSSR count). The van der Waals surface area contributed by atoms with Gasteiger partial charge in [-0.3, -0.25) is 9.78 Å². The molecular weight excluding hydrogens is 437 g/mol. The zero-order valence-corrected chi connectivity index (χ0v) is 16.7. The van der Waals surface area contributed by atoms with E-state index < -0.39 is 16.8 Å². The molecule has 0 aliphatic rings. The number of carbonyl (C=O) groups excluding carboxylic acids is 1.